The summed E-state index contributed by atoms with van der Waals surface area (Å²) < 4.78 is 0. The molecule has 0 bridgehead atoms. The number of hydrogen-bond acceptors (Lipinski definition) is 3. The molecule has 0 fully saturated rings. The van der Waals surface area contributed by atoms with Crippen molar-refractivity contribution in [3.05, 3.63) is 53.3 Å². The van der Waals surface area contributed by atoms with Crippen molar-refractivity contribution >= 4 is 18.0 Å². The van der Waals surface area contributed by atoms with Gasteiger partial charge in [0, 0.05) is 12.1 Å². The fraction of sp³-hybridized carbons (Fsp3) is 0. The van der Waals surface area contributed by atoms with Gasteiger partial charge in [0.05, 0.1) is 0 Å². The third-order valence-corrected chi connectivity index (χ3v) is 1.75. The van der Waals surface area contributed by atoms with Crippen LogP contribution in [0.3, 0.4) is 0 Å². The van der Waals surface area contributed by atoms with Gasteiger partial charge in [0.1, 0.15) is 6.29 Å². The maximum absolute atomic E-state index is 10.5. The summed E-state index contributed by atoms with van der Waals surface area (Å²) in [6, 6.07) is 6.47. The second-order valence-electron chi connectivity index (χ2n) is 2.81. The van der Waals surface area contributed by atoms with Gasteiger partial charge in [-0.3, -0.25) is 4.79 Å². The molecule has 4 heteroatoms. The van der Waals surface area contributed by atoms with Gasteiger partial charge in [0.25, 0.3) is 0 Å². The van der Waals surface area contributed by atoms with E-state index < -0.39 is 5.23 Å². The molecule has 0 saturated heterocycles. The molecule has 15 heavy (non-hydrogen) atoms. The number of allylic oxidation sites excluding steroid dienone is 3. The molecule has 0 aliphatic carbocycles. The quantitative estimate of drug-likeness (QED) is 0.331. The van der Waals surface area contributed by atoms with Gasteiger partial charge in [-0.15, -0.1) is 0 Å². The van der Waals surface area contributed by atoms with Gasteiger partial charge in [-0.05, 0) is 23.8 Å². The van der Waals surface area contributed by atoms with Crippen molar-refractivity contribution in [1.29, 1.82) is 0 Å². The Balaban J connectivity index is 2.68. The highest BCUT2D eigenvalue weighted by atomic mass is 16.8. The summed E-state index contributed by atoms with van der Waals surface area (Å²) in [7, 11) is 0. The SMILES string of the molecule is O=CC=CC=Cc1ccc([NH+]([O-])O)cc1. The zero-order valence-corrected chi connectivity index (χ0v) is 7.96. The fourth-order valence-electron chi connectivity index (χ4n) is 1.01. The Kier molecular flexibility index (Phi) is 4.43. The standard InChI is InChI=1S/C11H11NO3/c13-9-3-1-2-4-10-5-7-11(8-6-10)12(14)15/h1-9,12,14H. The molecule has 78 valence electrons. The molecule has 1 rings (SSSR count). The van der Waals surface area contributed by atoms with Crippen molar-refractivity contribution in [2.45, 2.75) is 0 Å². The van der Waals surface area contributed by atoms with Crippen LogP contribution in [0.1, 0.15) is 5.56 Å². The van der Waals surface area contributed by atoms with Crippen LogP contribution in [0, 0.1) is 5.21 Å². The van der Waals surface area contributed by atoms with Crippen LogP contribution in [0.15, 0.2) is 42.5 Å². The highest BCUT2D eigenvalue weighted by Gasteiger charge is 1.96. The van der Waals surface area contributed by atoms with Crippen LogP contribution in [0.5, 0.6) is 0 Å². The van der Waals surface area contributed by atoms with E-state index in [-0.39, 0.29) is 5.69 Å². The summed E-state index contributed by atoms with van der Waals surface area (Å²) >= 11 is 0. The number of benzene rings is 1. The third kappa shape index (κ3) is 3.86. The van der Waals surface area contributed by atoms with Gasteiger partial charge >= 0.3 is 0 Å². The number of nitrogens with one attached hydrogen (secondary N) is 1. The molecule has 0 radical (unpaired) electrons. The second kappa shape index (κ2) is 5.87. The molecular weight excluding hydrogens is 194 g/mol. The lowest BCUT2D eigenvalue weighted by Gasteiger charge is -2.10. The van der Waals surface area contributed by atoms with E-state index in [0.29, 0.717) is 6.29 Å². The smallest absolute Gasteiger partial charge is 0.163 e. The van der Waals surface area contributed by atoms with Gasteiger partial charge in [0.2, 0.25) is 0 Å². The highest BCUT2D eigenvalue weighted by Crippen LogP contribution is 2.06. The molecule has 1 aromatic rings. The van der Waals surface area contributed by atoms with Crippen molar-refractivity contribution in [2.75, 3.05) is 0 Å². The monoisotopic (exact) mass is 205 g/mol. The number of quaternary nitrogens is 1. The second-order valence-corrected chi connectivity index (χ2v) is 2.81. The number of aldehydes is 1. The van der Waals surface area contributed by atoms with Crippen molar-refractivity contribution in [3.63, 3.8) is 0 Å². The van der Waals surface area contributed by atoms with Gasteiger partial charge in [0.15, 0.2) is 5.69 Å². The van der Waals surface area contributed by atoms with E-state index in [0.717, 1.165) is 5.56 Å². The molecule has 0 aromatic heterocycles. The molecule has 2 N–H and O–H groups in total. The molecule has 1 unspecified atom stereocenters. The number of hydrogen-bond donors (Lipinski definition) is 2. The minimum absolute atomic E-state index is 0.260. The highest BCUT2D eigenvalue weighted by molar-refractivity contribution is 5.66. The molecule has 1 aromatic carbocycles. The van der Waals surface area contributed by atoms with E-state index in [1.165, 1.54) is 18.2 Å². The Morgan fingerprint density at radius 2 is 1.80 bits per heavy atom. The summed E-state index contributed by atoms with van der Waals surface area (Å²) in [5.74, 6) is 0. The molecule has 1 atom stereocenters. The first-order valence-electron chi connectivity index (χ1n) is 4.36. The molecule has 0 aliphatic rings. The zero-order valence-electron chi connectivity index (χ0n) is 7.96. The number of carbonyl (C=O) groups excluding carboxylic acids is 1. The van der Waals surface area contributed by atoms with E-state index in [1.54, 1.807) is 30.4 Å². The average Bonchev–Trinajstić information content (AvgIpc) is 2.25. The van der Waals surface area contributed by atoms with Gasteiger partial charge in [-0.1, -0.05) is 18.2 Å². The van der Waals surface area contributed by atoms with Crippen LogP contribution >= 0.6 is 0 Å². The summed E-state index contributed by atoms with van der Waals surface area (Å²) in [6.07, 6.45) is 7.17. The minimum atomic E-state index is -0.939. The Labute approximate surface area is 87.3 Å². The van der Waals surface area contributed by atoms with Crippen LogP contribution < -0.4 is 5.23 Å². The van der Waals surface area contributed by atoms with Crippen LogP contribution in [-0.2, 0) is 4.79 Å². The Morgan fingerprint density at radius 3 is 2.33 bits per heavy atom. The van der Waals surface area contributed by atoms with E-state index in [1.807, 2.05) is 0 Å². The summed E-state index contributed by atoms with van der Waals surface area (Å²) in [4.78, 5) is 9.95. The minimum Gasteiger partial charge on any atom is -0.595 e. The lowest BCUT2D eigenvalue weighted by Crippen LogP contribution is -2.99. The predicted octanol–water partition coefficient (Wildman–Crippen LogP) is 0.858. The van der Waals surface area contributed by atoms with Gasteiger partial charge in [-0.2, -0.15) is 5.23 Å². The maximum atomic E-state index is 10.5. The van der Waals surface area contributed by atoms with E-state index in [4.69, 9.17) is 5.21 Å². The van der Waals surface area contributed by atoms with Crippen LogP contribution in [0.25, 0.3) is 6.08 Å². The fourth-order valence-corrected chi connectivity index (χ4v) is 1.01. The normalized spacial score (nSPS) is 13.5. The Hall–Kier alpha value is -1.75. The van der Waals surface area contributed by atoms with Crippen molar-refractivity contribution < 1.29 is 15.2 Å². The molecule has 4 nitrogen and oxygen atoms in total. The average molecular weight is 205 g/mol. The summed E-state index contributed by atoms with van der Waals surface area (Å²) in [5, 5.41) is 18.3. The molecule has 0 amide bonds. The lowest BCUT2D eigenvalue weighted by molar-refractivity contribution is -0.991. The lowest BCUT2D eigenvalue weighted by atomic mass is 10.2. The maximum Gasteiger partial charge on any atom is 0.163 e. The predicted molar refractivity (Wildman–Crippen MR) is 56.5 cm³/mol. The molecule has 0 spiro atoms. The van der Waals surface area contributed by atoms with Crippen LogP contribution in [-0.4, -0.2) is 11.5 Å². The van der Waals surface area contributed by atoms with E-state index in [9.17, 15) is 10.0 Å². The van der Waals surface area contributed by atoms with Gasteiger partial charge in [-0.25, -0.2) is 5.21 Å². The first-order valence-corrected chi connectivity index (χ1v) is 4.36. The Morgan fingerprint density at radius 1 is 1.13 bits per heavy atom. The van der Waals surface area contributed by atoms with Crippen LogP contribution in [0.2, 0.25) is 0 Å². The van der Waals surface area contributed by atoms with Crippen molar-refractivity contribution in [1.82, 2.24) is 0 Å². The summed E-state index contributed by atoms with van der Waals surface area (Å²) in [6.45, 7) is 0. The first kappa shape index (κ1) is 11.3. The molecule has 0 heterocycles. The largest absolute Gasteiger partial charge is 0.595 e. The molecular formula is C11H11NO3. The van der Waals surface area contributed by atoms with Gasteiger partial charge < -0.3 is 5.21 Å². The van der Waals surface area contributed by atoms with Crippen LogP contribution in [0.4, 0.5) is 5.69 Å². The first-order chi connectivity index (χ1) is 7.24. The zero-order chi connectivity index (χ0) is 11.1. The van der Waals surface area contributed by atoms with Crippen molar-refractivity contribution in [3.8, 4) is 0 Å². The topological polar surface area (TPSA) is 64.8 Å². The third-order valence-electron chi connectivity index (χ3n) is 1.75. The summed E-state index contributed by atoms with van der Waals surface area (Å²) in [5.41, 5.74) is 1.14. The number of carbonyl (C=O) groups is 1. The molecule has 0 aliphatic heterocycles. The Bertz CT molecular complexity index is 366. The number of rotatable bonds is 4. The van der Waals surface area contributed by atoms with E-state index >= 15 is 0 Å². The van der Waals surface area contributed by atoms with Crippen molar-refractivity contribution in [2.24, 2.45) is 0 Å². The molecule has 0 saturated carbocycles. The van der Waals surface area contributed by atoms with E-state index in [2.05, 4.69) is 0 Å².